The van der Waals surface area contributed by atoms with Crippen molar-refractivity contribution in [3.8, 4) is 0 Å². The highest BCUT2D eigenvalue weighted by Gasteiger charge is 2.34. The van der Waals surface area contributed by atoms with E-state index < -0.39 is 23.6 Å². The molecule has 2 rings (SSSR count). The molecule has 1 aliphatic rings. The molecule has 1 saturated heterocycles. The van der Waals surface area contributed by atoms with Crippen LogP contribution < -0.4 is 16.0 Å². The average Bonchev–Trinajstić information content (AvgIpc) is 2.37. The van der Waals surface area contributed by atoms with E-state index in [2.05, 4.69) is 16.0 Å². The highest BCUT2D eigenvalue weighted by atomic mass is 32.1. The van der Waals surface area contributed by atoms with Gasteiger partial charge in [-0.1, -0.05) is 17.7 Å². The molecule has 3 amide bonds. The van der Waals surface area contributed by atoms with Crippen LogP contribution >= 0.6 is 12.2 Å². The van der Waals surface area contributed by atoms with E-state index >= 15 is 0 Å². The number of thiocarbonyl (C=S) groups is 1. The van der Waals surface area contributed by atoms with Crippen molar-refractivity contribution < 1.29 is 14.4 Å². The monoisotopic (exact) mass is 305 g/mol. The number of nitrogens with one attached hydrogen (secondary N) is 3. The van der Waals surface area contributed by atoms with Gasteiger partial charge in [0.2, 0.25) is 17.7 Å². The van der Waals surface area contributed by atoms with Crippen molar-refractivity contribution in [1.82, 2.24) is 10.6 Å². The zero-order valence-corrected chi connectivity index (χ0v) is 12.5. The highest BCUT2D eigenvalue weighted by molar-refractivity contribution is 7.80. The van der Waals surface area contributed by atoms with Crippen LogP contribution in [-0.4, -0.2) is 22.8 Å². The van der Waals surface area contributed by atoms with Crippen LogP contribution in [0.4, 0.5) is 5.69 Å². The van der Waals surface area contributed by atoms with E-state index in [4.69, 9.17) is 12.2 Å². The van der Waals surface area contributed by atoms with Crippen molar-refractivity contribution in [2.24, 2.45) is 5.92 Å². The Kier molecular flexibility index (Phi) is 4.32. The van der Waals surface area contributed by atoms with E-state index in [1.54, 1.807) is 6.07 Å². The molecular weight excluding hydrogens is 290 g/mol. The first kappa shape index (κ1) is 15.1. The van der Waals surface area contributed by atoms with Gasteiger partial charge in [-0.05, 0) is 37.7 Å². The van der Waals surface area contributed by atoms with Gasteiger partial charge < -0.3 is 16.0 Å². The molecule has 0 spiro atoms. The number of anilines is 1. The minimum atomic E-state index is -1.07. The van der Waals surface area contributed by atoms with Crippen LogP contribution in [0.3, 0.4) is 0 Å². The molecule has 1 aromatic carbocycles. The molecular formula is C14H15N3O3S. The Morgan fingerprint density at radius 3 is 2.43 bits per heavy atom. The molecule has 0 aliphatic carbocycles. The van der Waals surface area contributed by atoms with E-state index in [9.17, 15) is 14.4 Å². The zero-order chi connectivity index (χ0) is 15.6. The van der Waals surface area contributed by atoms with Gasteiger partial charge in [-0.25, -0.2) is 0 Å². The van der Waals surface area contributed by atoms with E-state index in [1.165, 1.54) is 0 Å². The second kappa shape index (κ2) is 6.01. The van der Waals surface area contributed by atoms with Crippen molar-refractivity contribution in [3.63, 3.8) is 0 Å². The molecule has 0 saturated carbocycles. The van der Waals surface area contributed by atoms with Crippen LogP contribution in [0.5, 0.6) is 0 Å². The molecule has 1 heterocycles. The lowest BCUT2D eigenvalue weighted by Crippen LogP contribution is -2.56. The first-order valence-corrected chi connectivity index (χ1v) is 6.80. The lowest BCUT2D eigenvalue weighted by molar-refractivity contribution is -0.137. The van der Waals surface area contributed by atoms with E-state index in [0.29, 0.717) is 5.69 Å². The summed E-state index contributed by atoms with van der Waals surface area (Å²) in [6.45, 7) is 3.83. The topological polar surface area (TPSA) is 87.3 Å². The maximum Gasteiger partial charge on any atom is 0.239 e. The fraction of sp³-hybridized carbons (Fsp3) is 0.286. The third-order valence-electron chi connectivity index (χ3n) is 3.15. The Morgan fingerprint density at radius 1 is 1.24 bits per heavy atom. The van der Waals surface area contributed by atoms with Gasteiger partial charge in [0.25, 0.3) is 0 Å². The number of amides is 3. The number of aryl methyl sites for hydroxylation is 2. The third-order valence-corrected chi connectivity index (χ3v) is 3.36. The maximum absolute atomic E-state index is 12.0. The summed E-state index contributed by atoms with van der Waals surface area (Å²) in [5.41, 5.74) is 2.67. The summed E-state index contributed by atoms with van der Waals surface area (Å²) in [5, 5.41) is 7.33. The number of hydrogen-bond acceptors (Lipinski definition) is 4. The molecule has 0 unspecified atom stereocenters. The van der Waals surface area contributed by atoms with Crippen LogP contribution in [0.2, 0.25) is 0 Å². The summed E-state index contributed by atoms with van der Waals surface area (Å²) in [6.07, 6.45) is -0.229. The quantitative estimate of drug-likeness (QED) is 0.569. The van der Waals surface area contributed by atoms with Gasteiger partial charge >= 0.3 is 0 Å². The SMILES string of the molecule is Cc1ccc(NC(=O)CC2C(=O)NC(=S)NC2=O)c(C)c1. The Balaban J connectivity index is 2.03. The summed E-state index contributed by atoms with van der Waals surface area (Å²) in [5.74, 6) is -2.58. The molecule has 1 aliphatic heterocycles. The molecule has 7 heteroatoms. The van der Waals surface area contributed by atoms with Gasteiger partial charge in [0.15, 0.2) is 5.11 Å². The largest absolute Gasteiger partial charge is 0.326 e. The molecule has 0 bridgehead atoms. The molecule has 1 aromatic rings. The summed E-state index contributed by atoms with van der Waals surface area (Å²) < 4.78 is 0. The van der Waals surface area contributed by atoms with Crippen molar-refractivity contribution in [2.75, 3.05) is 5.32 Å². The molecule has 0 radical (unpaired) electrons. The van der Waals surface area contributed by atoms with Crippen molar-refractivity contribution >= 4 is 40.7 Å². The first-order chi connectivity index (χ1) is 9.86. The van der Waals surface area contributed by atoms with Gasteiger partial charge in [0.1, 0.15) is 5.92 Å². The van der Waals surface area contributed by atoms with Crippen molar-refractivity contribution in [3.05, 3.63) is 29.3 Å². The maximum atomic E-state index is 12.0. The summed E-state index contributed by atoms with van der Waals surface area (Å²) in [6, 6.07) is 5.61. The lowest BCUT2D eigenvalue weighted by atomic mass is 10.0. The first-order valence-electron chi connectivity index (χ1n) is 6.39. The number of carbonyl (C=O) groups excluding carboxylic acids is 3. The van der Waals surface area contributed by atoms with Gasteiger partial charge in [0.05, 0.1) is 0 Å². The van der Waals surface area contributed by atoms with Crippen molar-refractivity contribution in [1.29, 1.82) is 0 Å². The Morgan fingerprint density at radius 2 is 1.86 bits per heavy atom. The minimum Gasteiger partial charge on any atom is -0.326 e. The van der Waals surface area contributed by atoms with Crippen LogP contribution in [0.15, 0.2) is 18.2 Å². The van der Waals surface area contributed by atoms with Gasteiger partial charge in [-0.2, -0.15) is 0 Å². The predicted octanol–water partition coefficient (Wildman–Crippen LogP) is 0.779. The lowest BCUT2D eigenvalue weighted by Gasteiger charge is -2.22. The summed E-state index contributed by atoms with van der Waals surface area (Å²) >= 11 is 4.70. The van der Waals surface area contributed by atoms with E-state index in [1.807, 2.05) is 26.0 Å². The highest BCUT2D eigenvalue weighted by Crippen LogP contribution is 2.17. The Hall–Kier alpha value is -2.28. The van der Waals surface area contributed by atoms with Crippen LogP contribution in [0.25, 0.3) is 0 Å². The third kappa shape index (κ3) is 3.63. The summed E-state index contributed by atoms with van der Waals surface area (Å²) in [7, 11) is 0. The molecule has 0 aromatic heterocycles. The summed E-state index contributed by atoms with van der Waals surface area (Å²) in [4.78, 5) is 35.3. The number of benzene rings is 1. The Bertz CT molecular complexity index is 622. The average molecular weight is 305 g/mol. The molecule has 110 valence electrons. The number of carbonyl (C=O) groups is 3. The van der Waals surface area contributed by atoms with Gasteiger partial charge in [-0.15, -0.1) is 0 Å². The smallest absolute Gasteiger partial charge is 0.239 e. The normalized spacial score (nSPS) is 15.4. The standard InChI is InChI=1S/C14H15N3O3S/c1-7-3-4-10(8(2)5-7)15-11(18)6-9-12(19)16-14(21)17-13(9)20/h3-5,9H,6H2,1-2H3,(H,15,18)(H2,16,17,19,20,21). The molecule has 21 heavy (non-hydrogen) atoms. The fourth-order valence-electron chi connectivity index (χ4n) is 2.07. The van der Waals surface area contributed by atoms with Crippen molar-refractivity contribution in [2.45, 2.75) is 20.3 Å². The van der Waals surface area contributed by atoms with Gasteiger partial charge in [0, 0.05) is 12.1 Å². The molecule has 6 nitrogen and oxygen atoms in total. The van der Waals surface area contributed by atoms with Gasteiger partial charge in [-0.3, -0.25) is 14.4 Å². The second-order valence-electron chi connectivity index (χ2n) is 4.93. The predicted molar refractivity (Wildman–Crippen MR) is 81.5 cm³/mol. The van der Waals surface area contributed by atoms with Crippen LogP contribution in [-0.2, 0) is 14.4 Å². The fourth-order valence-corrected chi connectivity index (χ4v) is 2.28. The van der Waals surface area contributed by atoms with E-state index in [-0.39, 0.29) is 11.5 Å². The minimum absolute atomic E-state index is 0.0314. The second-order valence-corrected chi connectivity index (χ2v) is 5.34. The number of hydrogen-bond donors (Lipinski definition) is 3. The molecule has 1 fully saturated rings. The van der Waals surface area contributed by atoms with Crippen LogP contribution in [0, 0.1) is 19.8 Å². The molecule has 3 N–H and O–H groups in total. The van der Waals surface area contributed by atoms with E-state index in [0.717, 1.165) is 11.1 Å². The number of rotatable bonds is 3. The van der Waals surface area contributed by atoms with Crippen LogP contribution in [0.1, 0.15) is 17.5 Å². The zero-order valence-electron chi connectivity index (χ0n) is 11.6. The molecule has 0 atom stereocenters. The Labute approximate surface area is 127 Å².